The fraction of sp³-hybridized carbons (Fsp3) is 0.200. The number of aromatic nitrogens is 2. The predicted molar refractivity (Wildman–Crippen MR) is 225 cm³/mol. The van der Waals surface area contributed by atoms with E-state index >= 15 is 0 Å². The molecule has 0 bridgehead atoms. The van der Waals surface area contributed by atoms with Gasteiger partial charge >= 0.3 is 0 Å². The lowest BCUT2D eigenvalue weighted by molar-refractivity contribution is 0.632. The molecule has 0 aliphatic rings. The first-order chi connectivity index (χ1) is 25.5. The third kappa shape index (κ3) is 8.82. The van der Waals surface area contributed by atoms with Crippen molar-refractivity contribution in [3.05, 3.63) is 205 Å². The van der Waals surface area contributed by atoms with Crippen molar-refractivity contribution >= 4 is 11.1 Å². The number of benzene rings is 3. The first-order valence-electron chi connectivity index (χ1n) is 18.6. The summed E-state index contributed by atoms with van der Waals surface area (Å²) in [7, 11) is 0. The Kier molecular flexibility index (Phi) is 13.5. The highest BCUT2D eigenvalue weighted by Crippen LogP contribution is 2.43. The maximum absolute atomic E-state index is 5.17. The first-order valence-corrected chi connectivity index (χ1v) is 18.6. The molecule has 2 aromatic heterocycles. The summed E-state index contributed by atoms with van der Waals surface area (Å²) in [6.45, 7) is 17.0. The lowest BCUT2D eigenvalue weighted by Crippen LogP contribution is -2.28. The van der Waals surface area contributed by atoms with Gasteiger partial charge in [0.05, 0.1) is 11.4 Å². The van der Waals surface area contributed by atoms with Gasteiger partial charge in [0.1, 0.15) is 0 Å². The summed E-state index contributed by atoms with van der Waals surface area (Å²) in [6.07, 6.45) is 23.6. The van der Waals surface area contributed by atoms with E-state index in [1.807, 2.05) is 37.5 Å². The molecule has 0 saturated heterocycles. The fourth-order valence-electron chi connectivity index (χ4n) is 7.13. The van der Waals surface area contributed by atoms with Crippen LogP contribution in [0.2, 0.25) is 0 Å². The van der Waals surface area contributed by atoms with Gasteiger partial charge in [-0.05, 0) is 108 Å². The number of nitrogens with zero attached hydrogens (tertiary/aromatic N) is 2. The molecule has 2 nitrogen and oxygen atoms in total. The molecular formula is C50H52N2. The lowest BCUT2D eigenvalue weighted by atomic mass is 9.67. The summed E-state index contributed by atoms with van der Waals surface area (Å²) in [4.78, 5) is 9.56. The van der Waals surface area contributed by atoms with E-state index in [2.05, 4.69) is 166 Å². The van der Waals surface area contributed by atoms with Crippen molar-refractivity contribution in [1.82, 2.24) is 9.97 Å². The van der Waals surface area contributed by atoms with Crippen LogP contribution in [-0.2, 0) is 11.8 Å². The molecule has 0 spiro atoms. The number of hydrogen-bond donors (Lipinski definition) is 0. The molecule has 1 atom stereocenters. The molecule has 0 saturated carbocycles. The topological polar surface area (TPSA) is 25.8 Å². The molecule has 262 valence electrons. The zero-order valence-electron chi connectivity index (χ0n) is 31.4. The van der Waals surface area contributed by atoms with Gasteiger partial charge in [-0.2, -0.15) is 0 Å². The van der Waals surface area contributed by atoms with Crippen LogP contribution in [0, 0.1) is 0 Å². The van der Waals surface area contributed by atoms with Crippen molar-refractivity contribution in [3.63, 3.8) is 0 Å². The van der Waals surface area contributed by atoms with Crippen molar-refractivity contribution in [2.75, 3.05) is 0 Å². The second kappa shape index (κ2) is 18.6. The highest BCUT2D eigenvalue weighted by molar-refractivity contribution is 5.80. The van der Waals surface area contributed by atoms with Gasteiger partial charge in [0, 0.05) is 23.4 Å². The fourth-order valence-corrected chi connectivity index (χ4v) is 7.13. The molecule has 2 heterocycles. The van der Waals surface area contributed by atoms with E-state index in [1.165, 1.54) is 40.7 Å². The number of hydrogen-bond acceptors (Lipinski definition) is 2. The van der Waals surface area contributed by atoms with E-state index in [4.69, 9.17) is 4.98 Å². The number of allylic oxidation sites excluding steroid dienone is 10. The lowest BCUT2D eigenvalue weighted by Gasteiger charge is -2.36. The van der Waals surface area contributed by atoms with E-state index in [9.17, 15) is 0 Å². The van der Waals surface area contributed by atoms with Crippen molar-refractivity contribution in [3.8, 4) is 22.4 Å². The number of unbranched alkanes of at least 4 members (excludes halogenated alkanes) is 2. The molecule has 2 heteroatoms. The zero-order valence-corrected chi connectivity index (χ0v) is 31.4. The van der Waals surface area contributed by atoms with Gasteiger partial charge in [-0.3, -0.25) is 4.98 Å². The summed E-state index contributed by atoms with van der Waals surface area (Å²) < 4.78 is 0. The maximum Gasteiger partial charge on any atom is 0.0715 e. The van der Waals surface area contributed by atoms with Gasteiger partial charge in [-0.15, -0.1) is 0 Å². The SMILES string of the molecule is C=C/C=C\C=C(/Cc1ccccc1C(C)(/C(=C/CCCC)CC)c1ccncc1)c1cccc(-c2cc(-c3ccccc3)cc(/C(C=C)=C/C)n2)c1. The minimum absolute atomic E-state index is 0.306. The van der Waals surface area contributed by atoms with E-state index in [0.29, 0.717) is 0 Å². The van der Waals surface area contributed by atoms with Crippen LogP contribution >= 0.6 is 0 Å². The molecular weight excluding hydrogens is 629 g/mol. The zero-order chi connectivity index (χ0) is 36.8. The minimum atomic E-state index is -0.306. The molecule has 0 N–H and O–H groups in total. The largest absolute Gasteiger partial charge is 0.265 e. The van der Waals surface area contributed by atoms with Crippen molar-refractivity contribution in [2.45, 2.75) is 65.2 Å². The summed E-state index contributed by atoms with van der Waals surface area (Å²) in [5.41, 5.74) is 13.6. The molecule has 5 rings (SSSR count). The monoisotopic (exact) mass is 680 g/mol. The van der Waals surface area contributed by atoms with Crippen LogP contribution in [0.4, 0.5) is 0 Å². The normalized spacial score (nSPS) is 13.6. The van der Waals surface area contributed by atoms with Crippen molar-refractivity contribution in [2.24, 2.45) is 0 Å². The Balaban J connectivity index is 1.64. The van der Waals surface area contributed by atoms with Crippen LogP contribution in [0.3, 0.4) is 0 Å². The molecule has 3 aromatic carbocycles. The minimum Gasteiger partial charge on any atom is -0.265 e. The van der Waals surface area contributed by atoms with Crippen LogP contribution < -0.4 is 0 Å². The predicted octanol–water partition coefficient (Wildman–Crippen LogP) is 13.6. The Morgan fingerprint density at radius 2 is 1.54 bits per heavy atom. The Hall–Kier alpha value is -5.60. The van der Waals surface area contributed by atoms with Crippen LogP contribution in [0.25, 0.3) is 33.5 Å². The van der Waals surface area contributed by atoms with Gasteiger partial charge in [0.15, 0.2) is 0 Å². The smallest absolute Gasteiger partial charge is 0.0715 e. The molecule has 0 amide bonds. The first kappa shape index (κ1) is 37.7. The van der Waals surface area contributed by atoms with Crippen LogP contribution in [-0.4, -0.2) is 9.97 Å². The maximum atomic E-state index is 5.17. The Morgan fingerprint density at radius 3 is 2.25 bits per heavy atom. The molecule has 0 radical (unpaired) electrons. The van der Waals surface area contributed by atoms with Crippen molar-refractivity contribution in [1.29, 1.82) is 0 Å². The molecule has 1 unspecified atom stereocenters. The van der Waals surface area contributed by atoms with Gasteiger partial charge in [0.25, 0.3) is 0 Å². The van der Waals surface area contributed by atoms with Gasteiger partial charge in [0.2, 0.25) is 0 Å². The second-order valence-electron chi connectivity index (χ2n) is 13.3. The second-order valence-corrected chi connectivity index (χ2v) is 13.3. The number of rotatable bonds is 16. The Labute approximate surface area is 312 Å². The van der Waals surface area contributed by atoms with E-state index in [0.717, 1.165) is 58.5 Å². The van der Waals surface area contributed by atoms with Gasteiger partial charge in [-0.1, -0.05) is 161 Å². The van der Waals surface area contributed by atoms with E-state index < -0.39 is 0 Å². The summed E-state index contributed by atoms with van der Waals surface area (Å²) in [6, 6.07) is 37.0. The summed E-state index contributed by atoms with van der Waals surface area (Å²) in [5.74, 6) is 0. The molecule has 0 fully saturated rings. The number of pyridine rings is 2. The van der Waals surface area contributed by atoms with E-state index in [-0.39, 0.29) is 5.41 Å². The van der Waals surface area contributed by atoms with E-state index in [1.54, 1.807) is 0 Å². The molecule has 0 aliphatic carbocycles. The summed E-state index contributed by atoms with van der Waals surface area (Å²) in [5, 5.41) is 0. The third-order valence-electron chi connectivity index (χ3n) is 10.00. The third-order valence-corrected chi connectivity index (χ3v) is 10.00. The summed E-state index contributed by atoms with van der Waals surface area (Å²) >= 11 is 0. The molecule has 52 heavy (non-hydrogen) atoms. The van der Waals surface area contributed by atoms with Crippen LogP contribution in [0.5, 0.6) is 0 Å². The molecule has 5 aromatic rings. The highest BCUT2D eigenvalue weighted by Gasteiger charge is 2.34. The van der Waals surface area contributed by atoms with Crippen LogP contribution in [0.1, 0.15) is 81.3 Å². The quantitative estimate of drug-likeness (QED) is 0.0589. The average Bonchev–Trinajstić information content (AvgIpc) is 3.20. The Bertz CT molecular complexity index is 2080. The highest BCUT2D eigenvalue weighted by atomic mass is 14.7. The Morgan fingerprint density at radius 1 is 0.788 bits per heavy atom. The van der Waals surface area contributed by atoms with Crippen molar-refractivity contribution < 1.29 is 0 Å². The standard InChI is InChI=1S/C50H52N2/c1-7-12-15-24-40(34-42-25-19-20-29-47(42)50(6,46-30-32-51-33-31-46)45(11-5)28-16-13-8-2)41-26-21-27-43(35-41)49-37-44(39-22-17-14-18-23-39)36-48(52-49)38(9-3)10-4/h7,9-10,12,14-15,17-33,35-37H,1,3,8,11,13,16,34H2,2,4-6H3/b15-12-,38-10+,40-24+,45-28+. The van der Waals surface area contributed by atoms with Gasteiger partial charge < -0.3 is 0 Å². The van der Waals surface area contributed by atoms with Crippen LogP contribution in [0.15, 0.2) is 177 Å². The molecule has 0 aliphatic heterocycles. The average molecular weight is 681 g/mol. The van der Waals surface area contributed by atoms with Gasteiger partial charge in [-0.25, -0.2) is 4.98 Å².